The van der Waals surface area contributed by atoms with E-state index in [4.69, 9.17) is 27.9 Å². The Kier molecular flexibility index (Phi) is 18.3. The highest BCUT2D eigenvalue weighted by Gasteiger charge is 2.28. The van der Waals surface area contributed by atoms with Gasteiger partial charge in [-0.1, -0.05) is 69.1 Å². The lowest BCUT2D eigenvalue weighted by Gasteiger charge is -2.34. The van der Waals surface area contributed by atoms with E-state index in [1.165, 1.54) is 14.3 Å². The van der Waals surface area contributed by atoms with Crippen LogP contribution >= 0.6 is 23.2 Å². The third kappa shape index (κ3) is 14.1. The Morgan fingerprint density at radius 1 is 0.746 bits per heavy atom. The summed E-state index contributed by atoms with van der Waals surface area (Å²) in [6.07, 6.45) is 7.67. The molecule has 4 aromatic rings. The molecule has 2 aliphatic heterocycles. The summed E-state index contributed by atoms with van der Waals surface area (Å²) >= 11 is 12.2. The highest BCUT2D eigenvalue weighted by molar-refractivity contribution is 7.93. The lowest BCUT2D eigenvalue weighted by Crippen LogP contribution is -2.39. The number of allylic oxidation sites excluding steroid dienone is 2. The highest BCUT2D eigenvalue weighted by Crippen LogP contribution is 2.31. The zero-order chi connectivity index (χ0) is 45.9. The number of anilines is 3. The Morgan fingerprint density at radius 3 is 1.62 bits per heavy atom. The van der Waals surface area contributed by atoms with E-state index in [1.54, 1.807) is 91.2 Å². The van der Waals surface area contributed by atoms with Crippen LogP contribution in [-0.2, 0) is 31.0 Å². The molecule has 2 fully saturated rings. The average molecular weight is 961 g/mol. The van der Waals surface area contributed by atoms with Crippen molar-refractivity contribution >= 4 is 71.3 Å². The molecule has 11 nitrogen and oxygen atoms in total. The Balaban J connectivity index is 0.000000238. The van der Waals surface area contributed by atoms with Gasteiger partial charge in [0.15, 0.2) is 0 Å². The Bertz CT molecular complexity index is 2370. The van der Waals surface area contributed by atoms with Gasteiger partial charge in [-0.3, -0.25) is 8.61 Å². The van der Waals surface area contributed by atoms with E-state index in [9.17, 15) is 21.0 Å². The first-order chi connectivity index (χ1) is 29.9. The van der Waals surface area contributed by atoms with Gasteiger partial charge in [0.2, 0.25) is 0 Å². The third-order valence-electron chi connectivity index (χ3n) is 11.0. The van der Waals surface area contributed by atoms with Crippen LogP contribution in [-0.4, -0.2) is 87.9 Å². The predicted octanol–water partition coefficient (Wildman–Crippen LogP) is 10.3. The summed E-state index contributed by atoms with van der Waals surface area (Å²) in [5.74, 6) is 1.00. The number of sulfonamides is 2. The predicted molar refractivity (Wildman–Crippen MR) is 261 cm³/mol. The van der Waals surface area contributed by atoms with Crippen molar-refractivity contribution < 1.29 is 25.8 Å². The van der Waals surface area contributed by atoms with Gasteiger partial charge in [0.05, 0.1) is 32.2 Å². The van der Waals surface area contributed by atoms with E-state index in [-0.39, 0.29) is 33.8 Å². The minimum atomic E-state index is -3.73. The lowest BCUT2D eigenvalue weighted by molar-refractivity contribution is 0.117. The van der Waals surface area contributed by atoms with Gasteiger partial charge in [-0.2, -0.15) is 0 Å². The van der Waals surface area contributed by atoms with Gasteiger partial charge in [0, 0.05) is 85.8 Å². The molecule has 1 unspecified atom stereocenters. The number of nitrogens with one attached hydrogen (secondary N) is 1. The quantitative estimate of drug-likeness (QED) is 0.118. The third-order valence-corrected chi connectivity index (χ3v) is 16.1. The number of benzene rings is 4. The van der Waals surface area contributed by atoms with Gasteiger partial charge in [0.25, 0.3) is 20.0 Å². The fraction of sp³-hybridized carbons (Fsp3) is 0.447. The van der Waals surface area contributed by atoms with E-state index < -0.39 is 31.0 Å². The molecule has 1 N–H and O–H groups in total. The molecule has 6 rings (SSSR count). The molecule has 4 aromatic carbocycles. The maximum atomic E-state index is 13.4. The van der Waals surface area contributed by atoms with Crippen LogP contribution in [0.25, 0.3) is 0 Å². The maximum Gasteiger partial charge on any atom is 0.264 e. The second-order valence-corrected chi connectivity index (χ2v) is 22.8. The van der Waals surface area contributed by atoms with Crippen molar-refractivity contribution in [1.29, 1.82) is 0 Å². The number of likely N-dealkylation sites (tertiary alicyclic amines) is 1. The first kappa shape index (κ1) is 50.2. The smallest absolute Gasteiger partial charge is 0.264 e. The summed E-state index contributed by atoms with van der Waals surface area (Å²) in [6.45, 7) is 16.4. The van der Waals surface area contributed by atoms with E-state index >= 15 is 0 Å². The van der Waals surface area contributed by atoms with Gasteiger partial charge in [-0.15, -0.1) is 0 Å². The van der Waals surface area contributed by atoms with Crippen molar-refractivity contribution in [3.05, 3.63) is 119 Å². The summed E-state index contributed by atoms with van der Waals surface area (Å²) in [7, 11) is -8.38. The molecule has 2 saturated heterocycles. The zero-order valence-electron chi connectivity index (χ0n) is 37.4. The molecule has 0 bridgehead atoms. The van der Waals surface area contributed by atoms with E-state index in [0.29, 0.717) is 40.3 Å². The van der Waals surface area contributed by atoms with Crippen LogP contribution < -0.4 is 18.7 Å². The van der Waals surface area contributed by atoms with Gasteiger partial charge < -0.3 is 15.0 Å². The summed E-state index contributed by atoms with van der Waals surface area (Å²) in [4.78, 5) is 2.85. The number of piperidine rings is 2. The molecule has 63 heavy (non-hydrogen) atoms. The maximum absolute atomic E-state index is 13.4. The number of nitrogens with zero attached hydrogens (tertiary/aromatic N) is 4. The number of hydrogen-bond acceptors (Lipinski definition) is 8. The second-order valence-electron chi connectivity index (χ2n) is 16.8. The van der Waals surface area contributed by atoms with Crippen molar-refractivity contribution in [3.8, 4) is 5.75 Å². The summed E-state index contributed by atoms with van der Waals surface area (Å²) in [5.41, 5.74) is 3.30. The molecule has 0 aromatic heterocycles. The molecule has 16 heteroatoms. The molecule has 1 atom stereocenters. The fourth-order valence-electron chi connectivity index (χ4n) is 7.47. The molecule has 0 saturated carbocycles. The molecular formula is C47H63Cl2N5O6S3. The van der Waals surface area contributed by atoms with Crippen LogP contribution in [0, 0.1) is 11.8 Å². The van der Waals surface area contributed by atoms with Crippen molar-refractivity contribution in [2.45, 2.75) is 89.2 Å². The molecule has 0 aliphatic carbocycles. The highest BCUT2D eigenvalue weighted by atomic mass is 35.5. The molecule has 0 spiro atoms. The Labute approximate surface area is 389 Å². The van der Waals surface area contributed by atoms with E-state index in [1.807, 2.05) is 44.1 Å². The summed E-state index contributed by atoms with van der Waals surface area (Å²) < 4.78 is 76.2. The molecule has 2 aliphatic rings. The second kappa shape index (κ2) is 22.9. The van der Waals surface area contributed by atoms with Crippen LogP contribution in [0.3, 0.4) is 0 Å². The molecule has 344 valence electrons. The van der Waals surface area contributed by atoms with Gasteiger partial charge in [-0.05, 0) is 123 Å². The van der Waals surface area contributed by atoms with Gasteiger partial charge in [0.1, 0.15) is 11.9 Å². The van der Waals surface area contributed by atoms with Gasteiger partial charge in [-0.25, -0.2) is 25.3 Å². The molecule has 2 heterocycles. The number of ether oxygens (including phenoxy) is 1. The summed E-state index contributed by atoms with van der Waals surface area (Å²) in [5, 5.41) is 4.47. The Morgan fingerprint density at radius 2 is 1.21 bits per heavy atom. The number of rotatable bonds is 16. The molecule has 0 amide bonds. The van der Waals surface area contributed by atoms with Crippen LogP contribution in [0.4, 0.5) is 17.1 Å². The average Bonchev–Trinajstić information content (AvgIpc) is 3.25. The first-order valence-electron chi connectivity index (χ1n) is 21.5. The SMILES string of the molecule is C/C=C(/C)N1CCC(Oc2ccc(S(=O)(=O)N(CC(C)C)c3cccc(Cl)c3)cc2)CC1.CC(C)CN(c1cccc(Cl)c1)S(=O)(=O)c1ccc(NC2CCN(S(C)=O)CC2)cc1. The minimum Gasteiger partial charge on any atom is -0.490 e. The fourth-order valence-corrected chi connectivity index (χ4v) is 11.8. The molecular weight excluding hydrogens is 898 g/mol. The van der Waals surface area contributed by atoms with Crippen molar-refractivity contribution in [2.24, 2.45) is 11.8 Å². The summed E-state index contributed by atoms with van der Waals surface area (Å²) in [6, 6.07) is 27.8. The van der Waals surface area contributed by atoms with E-state index in [2.05, 4.69) is 30.1 Å². The van der Waals surface area contributed by atoms with Crippen LogP contribution in [0.2, 0.25) is 10.0 Å². The van der Waals surface area contributed by atoms with Crippen molar-refractivity contribution in [2.75, 3.05) is 59.5 Å². The van der Waals surface area contributed by atoms with Crippen LogP contribution in [0.5, 0.6) is 5.75 Å². The topological polar surface area (TPSA) is 120 Å². The molecule has 0 radical (unpaired) electrons. The van der Waals surface area contributed by atoms with Crippen molar-refractivity contribution in [3.63, 3.8) is 0 Å². The largest absolute Gasteiger partial charge is 0.490 e. The lowest BCUT2D eigenvalue weighted by atomic mass is 10.1. The monoisotopic (exact) mass is 959 g/mol. The van der Waals surface area contributed by atoms with Crippen LogP contribution in [0.15, 0.2) is 119 Å². The normalized spacial score (nSPS) is 16.4. The van der Waals surface area contributed by atoms with Crippen LogP contribution in [0.1, 0.15) is 67.2 Å². The number of halogens is 2. The van der Waals surface area contributed by atoms with E-state index in [0.717, 1.165) is 57.5 Å². The number of hydrogen-bond donors (Lipinski definition) is 1. The van der Waals surface area contributed by atoms with Crippen molar-refractivity contribution in [1.82, 2.24) is 9.21 Å². The standard InChI is InChI=1S/C25H33ClN2O3S.C22H30ClN3O3S2/c1-5-20(4)27-15-13-24(14-16-27)31-23-9-11-25(12-10-23)32(29,30)28(18-19(2)3)22-8-6-7-21(26)17-22;1-17(2)16-26(21-6-4-5-18(23)15-21)31(28,29)22-9-7-19(8-10-22)24-20-11-13-25(14-12-20)30(3)27/h5-12,17,19,24H,13-16,18H2,1-4H3;4-10,15,17,20,24H,11-14,16H2,1-3H3/b20-5-;. The Hall–Kier alpha value is -3.79. The minimum absolute atomic E-state index is 0.141. The van der Waals surface area contributed by atoms with Gasteiger partial charge >= 0.3 is 0 Å². The zero-order valence-corrected chi connectivity index (χ0v) is 41.4. The first-order valence-corrected chi connectivity index (χ1v) is 26.7.